The first-order valence-corrected chi connectivity index (χ1v) is 15.9. The van der Waals surface area contributed by atoms with Gasteiger partial charge in [-0.15, -0.1) is 0 Å². The monoisotopic (exact) mass is 622 g/mol. The van der Waals surface area contributed by atoms with Crippen LogP contribution in [0.5, 0.6) is 46.0 Å². The second-order valence-electron chi connectivity index (χ2n) is 12.4. The number of hydrogen-bond acceptors (Lipinski definition) is 8. The summed E-state index contributed by atoms with van der Waals surface area (Å²) in [6.07, 6.45) is 3.37. The molecule has 0 aromatic heterocycles. The molecule has 0 fully saturated rings. The van der Waals surface area contributed by atoms with Crippen LogP contribution < -0.4 is 28.4 Å². The minimum atomic E-state index is 0.0743. The molecule has 0 amide bonds. The highest BCUT2D eigenvalue weighted by Gasteiger charge is 2.35. The quantitative estimate of drug-likeness (QED) is 0.238. The summed E-state index contributed by atoms with van der Waals surface area (Å²) in [4.78, 5) is 4.80. The van der Waals surface area contributed by atoms with Crippen molar-refractivity contribution in [2.24, 2.45) is 0 Å². The van der Waals surface area contributed by atoms with E-state index in [4.69, 9.17) is 28.4 Å². The molecule has 0 unspecified atom stereocenters. The molecular formula is C38H42N2O6. The predicted octanol–water partition coefficient (Wildman–Crippen LogP) is 7.16. The van der Waals surface area contributed by atoms with Gasteiger partial charge in [0.2, 0.25) is 11.5 Å². The number of likely N-dealkylation sites (N-methyl/N-ethyl adjacent to an activating group) is 2. The highest BCUT2D eigenvalue weighted by molar-refractivity contribution is 5.64. The van der Waals surface area contributed by atoms with Gasteiger partial charge in [0.05, 0.1) is 28.4 Å². The molecule has 6 aliphatic rings. The molecule has 0 spiro atoms. The van der Waals surface area contributed by atoms with Crippen LogP contribution in [0.1, 0.15) is 45.5 Å². The largest absolute Gasteiger partial charge is 0.493 e. The third-order valence-corrected chi connectivity index (χ3v) is 9.84. The van der Waals surface area contributed by atoms with E-state index in [1.807, 2.05) is 0 Å². The fraction of sp³-hybridized carbons (Fsp3) is 0.368. The molecule has 10 rings (SSSR count). The maximum atomic E-state index is 6.77. The average Bonchev–Trinajstić information content (AvgIpc) is 3.07. The second-order valence-corrected chi connectivity index (χ2v) is 12.4. The Hall–Kier alpha value is -4.40. The molecule has 0 N–H and O–H groups in total. The minimum absolute atomic E-state index is 0.0743. The van der Waals surface area contributed by atoms with Gasteiger partial charge in [-0.1, -0.05) is 24.3 Å². The van der Waals surface area contributed by atoms with Crippen LogP contribution in [0.4, 0.5) is 0 Å². The molecule has 8 heteroatoms. The van der Waals surface area contributed by atoms with E-state index in [1.165, 1.54) is 22.3 Å². The van der Waals surface area contributed by atoms with Crippen molar-refractivity contribution in [3.63, 3.8) is 0 Å². The van der Waals surface area contributed by atoms with Crippen LogP contribution in [0.25, 0.3) is 0 Å². The lowest BCUT2D eigenvalue weighted by atomic mass is 9.87. The molecule has 4 aromatic carbocycles. The van der Waals surface area contributed by atoms with Crippen LogP contribution in [0.3, 0.4) is 0 Å². The first-order chi connectivity index (χ1) is 22.4. The molecule has 2 atom stereocenters. The summed E-state index contributed by atoms with van der Waals surface area (Å²) in [5.74, 6) is 5.53. The second kappa shape index (κ2) is 12.4. The Morgan fingerprint density at radius 2 is 0.957 bits per heavy atom. The third kappa shape index (κ3) is 5.29. The first-order valence-electron chi connectivity index (χ1n) is 15.9. The molecular weight excluding hydrogens is 580 g/mol. The summed E-state index contributed by atoms with van der Waals surface area (Å²) in [7, 11) is 11.1. The first kappa shape index (κ1) is 30.3. The number of nitrogens with zero attached hydrogens (tertiary/aromatic N) is 2. The molecule has 46 heavy (non-hydrogen) atoms. The van der Waals surface area contributed by atoms with Gasteiger partial charge in [0.1, 0.15) is 11.5 Å². The summed E-state index contributed by atoms with van der Waals surface area (Å²) in [5, 5.41) is 0. The Kier molecular flexibility index (Phi) is 8.17. The summed E-state index contributed by atoms with van der Waals surface area (Å²) in [6, 6.07) is 21.2. The minimum Gasteiger partial charge on any atom is -0.493 e. The number of hydrogen-bond donors (Lipinski definition) is 0. The van der Waals surface area contributed by atoms with Gasteiger partial charge >= 0.3 is 0 Å². The molecule has 4 aromatic rings. The standard InChI is InChI=1S/C38H42N2O6/c1-39-17-15-25-21-31(41-3)35(43-5)37-33(25)29(39)19-23-7-11-28(12-8-23)46-38-34-26(22-32(42-4)36(38)44-6)16-18-40(2)30(34)20-24-9-13-27(45-37)14-10-24/h7-14,21-22,29-30H,15-20H2,1-6H3/t29-,30-/m1/s1. The van der Waals surface area contributed by atoms with Gasteiger partial charge < -0.3 is 28.4 Å². The van der Waals surface area contributed by atoms with Crippen molar-refractivity contribution >= 4 is 0 Å². The molecule has 8 nitrogen and oxygen atoms in total. The van der Waals surface area contributed by atoms with Crippen LogP contribution in [-0.2, 0) is 25.7 Å². The van der Waals surface area contributed by atoms with E-state index >= 15 is 0 Å². The molecule has 0 aliphatic carbocycles. The van der Waals surface area contributed by atoms with Crippen LogP contribution >= 0.6 is 0 Å². The van der Waals surface area contributed by atoms with Crippen LogP contribution in [0, 0.1) is 0 Å². The number of rotatable bonds is 4. The fourth-order valence-corrected chi connectivity index (χ4v) is 7.33. The Labute approximate surface area is 271 Å². The lowest BCUT2D eigenvalue weighted by Crippen LogP contribution is -2.34. The Balaban J connectivity index is 1.41. The van der Waals surface area contributed by atoms with Crippen molar-refractivity contribution in [2.45, 2.75) is 37.8 Å². The molecule has 0 saturated carbocycles. The fourth-order valence-electron chi connectivity index (χ4n) is 7.33. The van der Waals surface area contributed by atoms with E-state index in [0.29, 0.717) is 34.5 Å². The van der Waals surface area contributed by atoms with E-state index in [1.54, 1.807) is 28.4 Å². The summed E-state index contributed by atoms with van der Waals surface area (Å²) >= 11 is 0. The highest BCUT2D eigenvalue weighted by Crippen LogP contribution is 2.52. The van der Waals surface area contributed by atoms with E-state index in [-0.39, 0.29) is 12.1 Å². The summed E-state index contributed by atoms with van der Waals surface area (Å²) in [5.41, 5.74) is 7.10. The van der Waals surface area contributed by atoms with E-state index in [0.717, 1.165) is 61.4 Å². The van der Waals surface area contributed by atoms with Gasteiger partial charge in [-0.2, -0.15) is 0 Å². The smallest absolute Gasteiger partial charge is 0.204 e. The summed E-state index contributed by atoms with van der Waals surface area (Å²) < 4.78 is 37.1. The van der Waals surface area contributed by atoms with Crippen LogP contribution in [-0.4, -0.2) is 65.4 Å². The van der Waals surface area contributed by atoms with Crippen molar-refractivity contribution in [2.75, 3.05) is 55.6 Å². The van der Waals surface area contributed by atoms with Crippen molar-refractivity contribution in [1.29, 1.82) is 0 Å². The van der Waals surface area contributed by atoms with Crippen molar-refractivity contribution in [1.82, 2.24) is 9.80 Å². The Morgan fingerprint density at radius 1 is 0.565 bits per heavy atom. The van der Waals surface area contributed by atoms with Crippen molar-refractivity contribution in [3.05, 3.63) is 94.0 Å². The number of benzene rings is 4. The molecule has 0 saturated heterocycles. The number of methoxy groups -OCH3 is 4. The zero-order chi connectivity index (χ0) is 31.9. The lowest BCUT2D eigenvalue weighted by Gasteiger charge is -2.37. The maximum Gasteiger partial charge on any atom is 0.204 e. The molecule has 6 aliphatic heterocycles. The Morgan fingerprint density at radius 3 is 1.30 bits per heavy atom. The van der Waals surface area contributed by atoms with Crippen molar-refractivity contribution in [3.8, 4) is 46.0 Å². The van der Waals surface area contributed by atoms with Gasteiger partial charge in [-0.25, -0.2) is 0 Å². The average molecular weight is 623 g/mol. The zero-order valence-corrected chi connectivity index (χ0v) is 27.5. The number of ether oxygens (including phenoxy) is 6. The predicted molar refractivity (Wildman–Crippen MR) is 178 cm³/mol. The van der Waals surface area contributed by atoms with Gasteiger partial charge in [0, 0.05) is 36.3 Å². The third-order valence-electron chi connectivity index (χ3n) is 9.84. The van der Waals surface area contributed by atoms with E-state index < -0.39 is 0 Å². The molecule has 6 heterocycles. The zero-order valence-electron chi connectivity index (χ0n) is 27.5. The van der Waals surface area contributed by atoms with Gasteiger partial charge in [-0.3, -0.25) is 9.80 Å². The maximum absolute atomic E-state index is 6.77. The SMILES string of the molecule is COc1cc2c3c(c1OC)Oc1ccc(cc1)C[C@@H]1c4c(cc(OC)c(OC)c4Oc4ccc(cc4)C[C@H]3N(C)CC2)CCN1C. The van der Waals surface area contributed by atoms with Crippen molar-refractivity contribution < 1.29 is 28.4 Å². The van der Waals surface area contributed by atoms with E-state index in [2.05, 4.69) is 84.6 Å². The summed E-state index contributed by atoms with van der Waals surface area (Å²) in [6.45, 7) is 1.86. The molecule has 4 bridgehead atoms. The van der Waals surface area contributed by atoms with Gasteiger partial charge in [0.25, 0.3) is 0 Å². The lowest BCUT2D eigenvalue weighted by molar-refractivity contribution is 0.220. The molecule has 240 valence electrons. The topological polar surface area (TPSA) is 61.9 Å². The normalized spacial score (nSPS) is 19.2. The Bertz CT molecular complexity index is 1610. The highest BCUT2D eigenvalue weighted by atomic mass is 16.5. The van der Waals surface area contributed by atoms with E-state index in [9.17, 15) is 0 Å². The van der Waals surface area contributed by atoms with Gasteiger partial charge in [0.15, 0.2) is 23.0 Å². The van der Waals surface area contributed by atoms with Gasteiger partial charge in [-0.05, 0) is 98.4 Å². The van der Waals surface area contributed by atoms with Crippen LogP contribution in [0.2, 0.25) is 0 Å². The molecule has 0 radical (unpaired) electrons. The van der Waals surface area contributed by atoms with Crippen LogP contribution in [0.15, 0.2) is 60.7 Å².